The van der Waals surface area contributed by atoms with Gasteiger partial charge in [-0.05, 0) is 86.3 Å². The van der Waals surface area contributed by atoms with Crippen LogP contribution in [0.4, 0.5) is 19.4 Å². The predicted molar refractivity (Wildman–Crippen MR) is 238 cm³/mol. The summed E-state index contributed by atoms with van der Waals surface area (Å²) in [5, 5.41) is 1.88. The van der Waals surface area contributed by atoms with Gasteiger partial charge in [0.05, 0.1) is 23.3 Å². The molecular formula is C48H62F2N4O5Si. The zero-order valence-electron chi connectivity index (χ0n) is 37.7. The van der Waals surface area contributed by atoms with Gasteiger partial charge in [0.2, 0.25) is 0 Å². The molecule has 0 saturated carbocycles. The first-order chi connectivity index (χ1) is 28.2. The lowest BCUT2D eigenvalue weighted by atomic mass is 9.82. The van der Waals surface area contributed by atoms with Crippen LogP contribution in [0.2, 0.25) is 16.6 Å². The molecule has 9 nitrogen and oxygen atoms in total. The number of piperazine rings is 1. The quantitative estimate of drug-likeness (QED) is 0.0638. The molecule has 2 aliphatic heterocycles. The Morgan fingerprint density at radius 1 is 0.983 bits per heavy atom. The van der Waals surface area contributed by atoms with Crippen LogP contribution in [0.25, 0.3) is 32.8 Å². The number of halogens is 2. The van der Waals surface area contributed by atoms with Crippen molar-refractivity contribution in [1.82, 2.24) is 14.9 Å². The maximum atomic E-state index is 18.0. The van der Waals surface area contributed by atoms with Gasteiger partial charge in [-0.1, -0.05) is 67.4 Å². The Labute approximate surface area is 355 Å². The van der Waals surface area contributed by atoms with Gasteiger partial charge in [0.1, 0.15) is 43.0 Å². The number of aldehydes is 1. The van der Waals surface area contributed by atoms with Crippen LogP contribution in [0.15, 0.2) is 30.5 Å². The maximum absolute atomic E-state index is 18.0. The summed E-state index contributed by atoms with van der Waals surface area (Å²) in [5.74, 6) is 3.20. The first-order valence-electron chi connectivity index (χ1n) is 21.3. The molecule has 0 aliphatic carbocycles. The summed E-state index contributed by atoms with van der Waals surface area (Å²) in [6.07, 6.45) is 3.95. The van der Waals surface area contributed by atoms with Gasteiger partial charge >= 0.3 is 6.09 Å². The fourth-order valence-corrected chi connectivity index (χ4v) is 15.2. The Balaban J connectivity index is 1.61. The Morgan fingerprint density at radius 3 is 2.18 bits per heavy atom. The number of hydrogen-bond donors (Lipinski definition) is 0. The smallest absolute Gasteiger partial charge is 0.410 e. The lowest BCUT2D eigenvalue weighted by molar-refractivity contribution is -0.108. The summed E-state index contributed by atoms with van der Waals surface area (Å²) >= 11 is 0. The van der Waals surface area contributed by atoms with Crippen LogP contribution in [-0.4, -0.2) is 80.0 Å². The number of ether oxygens (including phenoxy) is 3. The average molecular weight is 841 g/mol. The highest BCUT2D eigenvalue weighted by atomic mass is 28.3. The number of aromatic nitrogens is 2. The first kappa shape index (κ1) is 44.9. The number of carbonyl (C=O) groups excluding carboxylic acids is 2. The third-order valence-electron chi connectivity index (χ3n) is 12.7. The number of aryl methyl sites for hydroxylation is 1. The predicted octanol–water partition coefficient (Wildman–Crippen LogP) is 11.0. The average Bonchev–Trinajstić information content (AvgIpc) is 3.43. The van der Waals surface area contributed by atoms with Crippen molar-refractivity contribution in [3.05, 3.63) is 58.9 Å². The van der Waals surface area contributed by atoms with E-state index in [9.17, 15) is 9.59 Å². The van der Waals surface area contributed by atoms with Crippen molar-refractivity contribution in [2.45, 2.75) is 142 Å². The molecule has 12 heteroatoms. The summed E-state index contributed by atoms with van der Waals surface area (Å²) in [6.45, 7) is 25.4. The normalized spacial score (nSPS) is 17.2. The number of benzene rings is 2. The van der Waals surface area contributed by atoms with Gasteiger partial charge in [-0.25, -0.2) is 18.6 Å². The number of rotatable bonds is 11. The molecule has 0 spiro atoms. The molecule has 2 unspecified atom stereocenters. The number of methoxy groups -OCH3 is 1. The number of pyridine rings is 2. The molecule has 2 saturated heterocycles. The molecule has 60 heavy (non-hydrogen) atoms. The molecule has 2 aliphatic rings. The largest absolute Gasteiger partial charge is 0.468 e. The Bertz CT molecular complexity index is 2330. The van der Waals surface area contributed by atoms with Crippen molar-refractivity contribution in [1.29, 1.82) is 0 Å². The van der Waals surface area contributed by atoms with E-state index in [1.54, 1.807) is 24.4 Å². The minimum absolute atomic E-state index is 0.0123. The van der Waals surface area contributed by atoms with Crippen LogP contribution in [0, 0.1) is 30.0 Å². The number of nitrogens with zero attached hydrogens (tertiary/aromatic N) is 4. The lowest BCUT2D eigenvalue weighted by Crippen LogP contribution is -2.57. The van der Waals surface area contributed by atoms with E-state index in [2.05, 4.69) is 57.9 Å². The third kappa shape index (κ3) is 8.24. The molecular weight excluding hydrogens is 779 g/mol. The zero-order chi connectivity index (χ0) is 44.1. The highest BCUT2D eigenvalue weighted by Gasteiger charge is 2.46. The summed E-state index contributed by atoms with van der Waals surface area (Å²) in [5.41, 5.74) is 4.97. The minimum Gasteiger partial charge on any atom is -0.468 e. The standard InChI is InChI=1S/C48H62F2N4O5Si/c1-28(2)60(29(3)4,30(5)6)21-18-36-39(49)17-14-32-22-35(58-27-57-13)23-37(41(32)36)43-42(50)40-31(7)44(48(11,12)19-20-55)52-45(38(40)24-51-43)53-25-33-15-16-34(26-53)54(33)46(56)59-47(8,9)10/h14,17,20,22-24,28-30,33-34H,15-16,19,25-27H2,1-13H3. The van der Waals surface area contributed by atoms with Gasteiger partial charge in [-0.15, -0.1) is 5.54 Å². The number of amides is 1. The van der Waals surface area contributed by atoms with E-state index in [1.165, 1.54) is 13.2 Å². The molecule has 0 radical (unpaired) electrons. The molecule has 2 aromatic heterocycles. The second kappa shape index (κ2) is 17.0. The summed E-state index contributed by atoms with van der Waals surface area (Å²) in [6, 6.07) is 6.29. The summed E-state index contributed by atoms with van der Waals surface area (Å²) in [4.78, 5) is 39.5. The lowest BCUT2D eigenvalue weighted by Gasteiger charge is -2.42. The summed E-state index contributed by atoms with van der Waals surface area (Å²) < 4.78 is 51.3. The van der Waals surface area contributed by atoms with E-state index < -0.39 is 30.7 Å². The second-order valence-corrected chi connectivity index (χ2v) is 24.8. The van der Waals surface area contributed by atoms with Crippen LogP contribution >= 0.6 is 0 Å². The maximum Gasteiger partial charge on any atom is 0.410 e. The molecule has 0 N–H and O–H groups in total. The molecule has 6 rings (SSSR count). The van der Waals surface area contributed by atoms with Crippen LogP contribution in [-0.2, 0) is 19.7 Å². The number of hydrogen-bond acceptors (Lipinski definition) is 8. The number of anilines is 1. The topological polar surface area (TPSA) is 94.1 Å². The highest BCUT2D eigenvalue weighted by Crippen LogP contribution is 2.45. The van der Waals surface area contributed by atoms with E-state index in [4.69, 9.17) is 24.2 Å². The second-order valence-electron chi connectivity index (χ2n) is 19.2. The van der Waals surface area contributed by atoms with Crippen LogP contribution in [0.5, 0.6) is 5.75 Å². The van der Waals surface area contributed by atoms with Crippen LogP contribution in [0.3, 0.4) is 0 Å². The fraction of sp³-hybridized carbons (Fsp3) is 0.542. The van der Waals surface area contributed by atoms with E-state index in [0.717, 1.165) is 19.1 Å². The molecule has 322 valence electrons. The van der Waals surface area contributed by atoms with Crippen molar-refractivity contribution >= 4 is 47.8 Å². The van der Waals surface area contributed by atoms with E-state index >= 15 is 8.78 Å². The molecule has 2 fully saturated rings. The van der Waals surface area contributed by atoms with Gasteiger partial charge in [0.15, 0.2) is 12.6 Å². The fourth-order valence-electron chi connectivity index (χ4n) is 10.0. The third-order valence-corrected chi connectivity index (χ3v) is 19.0. The SMILES string of the molecule is COCOc1cc(-c2ncc3c(N4CC5CCC(C4)N5C(=O)OC(C)(C)C)nc(C(C)(C)CC=O)c(C)c3c2F)c2c(C#C[Si](C(C)C)(C(C)C)C(C)C)c(F)ccc2c1. The van der Waals surface area contributed by atoms with E-state index in [1.807, 2.05) is 46.4 Å². The molecule has 1 amide bonds. The van der Waals surface area contributed by atoms with Gasteiger partial charge < -0.3 is 23.9 Å². The van der Waals surface area contributed by atoms with E-state index in [-0.39, 0.29) is 42.6 Å². The zero-order valence-corrected chi connectivity index (χ0v) is 38.7. The number of carbonyl (C=O) groups is 2. The minimum atomic E-state index is -2.31. The van der Waals surface area contributed by atoms with Gasteiger partial charge in [-0.3, -0.25) is 9.88 Å². The number of fused-ring (bicyclic) bond motifs is 4. The Morgan fingerprint density at radius 2 is 1.62 bits per heavy atom. The highest BCUT2D eigenvalue weighted by molar-refractivity contribution is 6.90. The van der Waals surface area contributed by atoms with Crippen molar-refractivity contribution in [2.24, 2.45) is 0 Å². The Hall–Kier alpha value is -4.60. The summed E-state index contributed by atoms with van der Waals surface area (Å²) in [7, 11) is -0.787. The molecule has 4 heterocycles. The molecule has 2 bridgehead atoms. The molecule has 2 atom stereocenters. The van der Waals surface area contributed by atoms with Crippen LogP contribution in [0.1, 0.15) is 112 Å². The Kier molecular flexibility index (Phi) is 12.8. The van der Waals surface area contributed by atoms with Gasteiger partial charge in [-0.2, -0.15) is 0 Å². The van der Waals surface area contributed by atoms with E-state index in [0.29, 0.717) is 79.6 Å². The van der Waals surface area contributed by atoms with Crippen molar-refractivity contribution in [3.8, 4) is 28.5 Å². The monoisotopic (exact) mass is 840 g/mol. The van der Waals surface area contributed by atoms with Gasteiger partial charge in [0, 0.05) is 60.0 Å². The van der Waals surface area contributed by atoms with Crippen molar-refractivity contribution in [2.75, 3.05) is 31.9 Å². The van der Waals surface area contributed by atoms with Gasteiger partial charge in [0.25, 0.3) is 0 Å². The van der Waals surface area contributed by atoms with Crippen molar-refractivity contribution in [3.63, 3.8) is 0 Å². The molecule has 4 aromatic rings. The first-order valence-corrected chi connectivity index (χ1v) is 23.5. The van der Waals surface area contributed by atoms with Crippen LogP contribution < -0.4 is 9.64 Å². The molecule has 2 aromatic carbocycles. The van der Waals surface area contributed by atoms with Crippen molar-refractivity contribution < 1.29 is 32.6 Å².